The molecule has 0 bridgehead atoms. The number of hydrogen-bond acceptors (Lipinski definition) is 7. The molecule has 1 aromatic rings. The van der Waals surface area contributed by atoms with Gasteiger partial charge in [-0.05, 0) is 0 Å². The van der Waals surface area contributed by atoms with Crippen LogP contribution < -0.4 is 10.6 Å². The van der Waals surface area contributed by atoms with Crippen LogP contribution in [0.15, 0.2) is 6.07 Å². The van der Waals surface area contributed by atoms with Crippen molar-refractivity contribution in [1.82, 2.24) is 9.97 Å². The Hall–Kier alpha value is -1.44. The molecule has 0 spiro atoms. The fraction of sp³-hybridized carbons (Fsp3) is 0.636. The maximum atomic E-state index is 8.56. The van der Waals surface area contributed by atoms with Crippen molar-refractivity contribution in [3.05, 3.63) is 11.9 Å². The third-order valence-corrected chi connectivity index (χ3v) is 2.09. The number of aliphatic hydroxyl groups is 1. The molecule has 0 aromatic carbocycles. The van der Waals surface area contributed by atoms with Crippen LogP contribution >= 0.6 is 0 Å². The van der Waals surface area contributed by atoms with Crippen LogP contribution in [0.4, 0.5) is 11.6 Å². The van der Waals surface area contributed by atoms with Gasteiger partial charge < -0.3 is 25.2 Å². The minimum Gasteiger partial charge on any atom is -0.394 e. The van der Waals surface area contributed by atoms with Crippen LogP contribution in [-0.2, 0) is 16.1 Å². The van der Waals surface area contributed by atoms with Crippen molar-refractivity contribution < 1.29 is 14.6 Å². The molecule has 0 aliphatic heterocycles. The second-order valence-corrected chi connectivity index (χ2v) is 3.50. The first-order valence-electron chi connectivity index (χ1n) is 5.77. The summed E-state index contributed by atoms with van der Waals surface area (Å²) < 4.78 is 10.1. The van der Waals surface area contributed by atoms with Gasteiger partial charge in [0.15, 0.2) is 5.82 Å². The summed E-state index contributed by atoms with van der Waals surface area (Å²) in [7, 11) is 3.40. The van der Waals surface area contributed by atoms with Crippen LogP contribution in [0.1, 0.15) is 5.82 Å². The molecule has 0 amide bonds. The first-order valence-corrected chi connectivity index (χ1v) is 5.77. The average Bonchev–Trinajstić information content (AvgIpc) is 2.38. The lowest BCUT2D eigenvalue weighted by Crippen LogP contribution is -2.13. The van der Waals surface area contributed by atoms with Gasteiger partial charge in [0.05, 0.1) is 19.8 Å². The van der Waals surface area contributed by atoms with E-state index in [1.54, 1.807) is 14.2 Å². The van der Waals surface area contributed by atoms with E-state index in [1.165, 1.54) is 0 Å². The van der Waals surface area contributed by atoms with E-state index in [1.807, 2.05) is 6.07 Å². The monoisotopic (exact) mass is 256 g/mol. The first kappa shape index (κ1) is 14.6. The molecule has 7 nitrogen and oxygen atoms in total. The van der Waals surface area contributed by atoms with Gasteiger partial charge in [-0.25, -0.2) is 9.97 Å². The van der Waals surface area contributed by atoms with Crippen molar-refractivity contribution >= 4 is 11.6 Å². The Morgan fingerprint density at radius 2 is 2.06 bits per heavy atom. The van der Waals surface area contributed by atoms with E-state index >= 15 is 0 Å². The minimum atomic E-state index is 0.0371. The van der Waals surface area contributed by atoms with Crippen LogP contribution in [0.3, 0.4) is 0 Å². The number of anilines is 2. The SMILES string of the molecule is CNc1cc(NCCOCCO)nc(COC)n1. The highest BCUT2D eigenvalue weighted by Crippen LogP contribution is 2.11. The molecule has 1 heterocycles. The molecule has 0 saturated carbocycles. The van der Waals surface area contributed by atoms with Gasteiger partial charge in [-0.15, -0.1) is 0 Å². The Bertz CT molecular complexity index is 349. The van der Waals surface area contributed by atoms with E-state index in [9.17, 15) is 0 Å². The van der Waals surface area contributed by atoms with Crippen molar-refractivity contribution in [2.24, 2.45) is 0 Å². The number of nitrogens with one attached hydrogen (secondary N) is 2. The Balaban J connectivity index is 2.50. The Kier molecular flexibility index (Phi) is 7.00. The molecule has 3 N–H and O–H groups in total. The molecule has 18 heavy (non-hydrogen) atoms. The van der Waals surface area contributed by atoms with Crippen LogP contribution in [0, 0.1) is 0 Å². The van der Waals surface area contributed by atoms with Gasteiger partial charge in [-0.3, -0.25) is 0 Å². The van der Waals surface area contributed by atoms with Crippen LogP contribution in [0.2, 0.25) is 0 Å². The van der Waals surface area contributed by atoms with Crippen LogP contribution in [-0.4, -0.2) is 55.6 Å². The predicted octanol–water partition coefficient (Wildman–Crippen LogP) is 0.0855. The summed E-state index contributed by atoms with van der Waals surface area (Å²) in [5.74, 6) is 2.06. The van der Waals surface area contributed by atoms with Crippen molar-refractivity contribution in [2.45, 2.75) is 6.61 Å². The lowest BCUT2D eigenvalue weighted by molar-refractivity contribution is 0.0992. The van der Waals surface area contributed by atoms with E-state index in [0.29, 0.717) is 38.0 Å². The van der Waals surface area contributed by atoms with Crippen molar-refractivity contribution in [3.8, 4) is 0 Å². The van der Waals surface area contributed by atoms with Gasteiger partial charge in [-0.2, -0.15) is 0 Å². The van der Waals surface area contributed by atoms with E-state index in [4.69, 9.17) is 14.6 Å². The molecule has 0 aliphatic carbocycles. The fourth-order valence-corrected chi connectivity index (χ4v) is 1.33. The molecule has 102 valence electrons. The molecular formula is C11H20N4O3. The minimum absolute atomic E-state index is 0.0371. The van der Waals surface area contributed by atoms with Gasteiger partial charge in [0, 0.05) is 26.8 Å². The number of methoxy groups -OCH3 is 1. The molecule has 0 saturated heterocycles. The highest BCUT2D eigenvalue weighted by atomic mass is 16.5. The molecule has 7 heteroatoms. The number of hydrogen-bond donors (Lipinski definition) is 3. The number of aromatic nitrogens is 2. The zero-order valence-corrected chi connectivity index (χ0v) is 10.8. The molecule has 0 fully saturated rings. The highest BCUT2D eigenvalue weighted by Gasteiger charge is 2.03. The molecule has 0 atom stereocenters. The summed E-state index contributed by atoms with van der Waals surface area (Å²) in [6.07, 6.45) is 0. The number of aliphatic hydroxyl groups excluding tert-OH is 1. The van der Waals surface area contributed by atoms with Crippen molar-refractivity contribution in [2.75, 3.05) is 51.2 Å². The zero-order chi connectivity index (χ0) is 13.2. The Morgan fingerprint density at radius 3 is 2.72 bits per heavy atom. The van der Waals surface area contributed by atoms with Crippen molar-refractivity contribution in [1.29, 1.82) is 0 Å². The van der Waals surface area contributed by atoms with E-state index in [2.05, 4.69) is 20.6 Å². The lowest BCUT2D eigenvalue weighted by atomic mass is 10.4. The first-order chi connectivity index (χ1) is 8.80. The largest absolute Gasteiger partial charge is 0.394 e. The van der Waals surface area contributed by atoms with Gasteiger partial charge in [0.25, 0.3) is 0 Å². The lowest BCUT2D eigenvalue weighted by Gasteiger charge is -2.09. The predicted molar refractivity (Wildman–Crippen MR) is 68.7 cm³/mol. The number of nitrogens with zero attached hydrogens (tertiary/aromatic N) is 2. The van der Waals surface area contributed by atoms with Gasteiger partial charge in [-0.1, -0.05) is 0 Å². The quantitative estimate of drug-likeness (QED) is 0.539. The zero-order valence-electron chi connectivity index (χ0n) is 10.8. The standard InChI is InChI=1S/C11H20N4O3/c1-12-9-7-10(13-3-5-18-6-4-16)15-11(14-9)8-17-2/h7,16H,3-6,8H2,1-2H3,(H2,12,13,14,15). The molecule has 0 radical (unpaired) electrons. The summed E-state index contributed by atoms with van der Waals surface area (Å²) >= 11 is 0. The Labute approximate surface area is 107 Å². The van der Waals surface area contributed by atoms with E-state index in [-0.39, 0.29) is 6.61 Å². The third-order valence-electron chi connectivity index (χ3n) is 2.09. The van der Waals surface area contributed by atoms with Crippen molar-refractivity contribution in [3.63, 3.8) is 0 Å². The van der Waals surface area contributed by atoms with E-state index in [0.717, 1.165) is 5.82 Å². The van der Waals surface area contributed by atoms with Gasteiger partial charge >= 0.3 is 0 Å². The molecule has 0 aliphatic rings. The third kappa shape index (κ3) is 5.26. The summed E-state index contributed by atoms with van der Waals surface area (Å²) in [6, 6.07) is 1.81. The van der Waals surface area contributed by atoms with Gasteiger partial charge in [0.2, 0.25) is 0 Å². The van der Waals surface area contributed by atoms with Gasteiger partial charge in [0.1, 0.15) is 18.2 Å². The molecular weight excluding hydrogens is 236 g/mol. The highest BCUT2D eigenvalue weighted by molar-refractivity contribution is 5.47. The summed E-state index contributed by atoms with van der Waals surface area (Å²) in [5, 5.41) is 14.6. The van der Waals surface area contributed by atoms with Crippen LogP contribution in [0.25, 0.3) is 0 Å². The maximum absolute atomic E-state index is 8.56. The average molecular weight is 256 g/mol. The topological polar surface area (TPSA) is 88.5 Å². The second kappa shape index (κ2) is 8.62. The second-order valence-electron chi connectivity index (χ2n) is 3.50. The normalized spacial score (nSPS) is 10.4. The van der Waals surface area contributed by atoms with E-state index < -0.39 is 0 Å². The summed E-state index contributed by atoms with van der Waals surface area (Å²) in [4.78, 5) is 8.54. The number of ether oxygens (including phenoxy) is 2. The molecule has 1 rings (SSSR count). The molecule has 0 unspecified atom stereocenters. The Morgan fingerprint density at radius 1 is 1.28 bits per heavy atom. The summed E-state index contributed by atoms with van der Waals surface area (Å²) in [5.41, 5.74) is 0. The number of rotatable bonds is 9. The summed E-state index contributed by atoms with van der Waals surface area (Å²) in [6.45, 7) is 1.88. The van der Waals surface area contributed by atoms with Crippen LogP contribution in [0.5, 0.6) is 0 Å². The fourth-order valence-electron chi connectivity index (χ4n) is 1.33. The smallest absolute Gasteiger partial charge is 0.158 e. The maximum Gasteiger partial charge on any atom is 0.158 e. The molecule has 1 aromatic heterocycles.